The average Bonchev–Trinajstić information content (AvgIpc) is 3.03. The lowest BCUT2D eigenvalue weighted by Crippen LogP contribution is -2.38. The van der Waals surface area contributed by atoms with Crippen molar-refractivity contribution in [2.75, 3.05) is 13.1 Å². The number of primary amides is 1. The number of likely N-dealkylation sites (tertiary alicyclic amines) is 1. The highest BCUT2D eigenvalue weighted by molar-refractivity contribution is 5.99. The fraction of sp³-hybridized carbons (Fsp3) is 0.424. The van der Waals surface area contributed by atoms with E-state index in [4.69, 9.17) is 15.5 Å². The van der Waals surface area contributed by atoms with Crippen LogP contribution in [0.4, 0.5) is 0 Å². The minimum absolute atomic E-state index is 0.000580. The Hall–Kier alpha value is -3.87. The number of ether oxygens (including phenoxy) is 1. The van der Waals surface area contributed by atoms with Gasteiger partial charge in [0, 0.05) is 30.8 Å². The number of aromatic hydroxyl groups is 1. The Labute approximate surface area is 237 Å². The normalized spacial score (nSPS) is 16.9. The number of aromatic nitrogens is 1. The summed E-state index contributed by atoms with van der Waals surface area (Å²) in [5, 5.41) is 10.4. The van der Waals surface area contributed by atoms with Gasteiger partial charge in [-0.15, -0.1) is 0 Å². The van der Waals surface area contributed by atoms with Crippen LogP contribution < -0.4 is 10.5 Å². The Morgan fingerprint density at radius 3 is 2.40 bits per heavy atom. The predicted octanol–water partition coefficient (Wildman–Crippen LogP) is 6.68. The zero-order chi connectivity index (χ0) is 29.2. The number of carbonyl (C=O) groups excluding carboxylic acids is 2. The maximum Gasteiger partial charge on any atom is 0.259 e. The topological polar surface area (TPSA) is 106 Å². The number of aryl methyl sites for hydroxylation is 3. The smallest absolute Gasteiger partial charge is 0.259 e. The van der Waals surface area contributed by atoms with Gasteiger partial charge in [0.25, 0.3) is 11.8 Å². The first kappa shape index (κ1) is 29.1. The van der Waals surface area contributed by atoms with E-state index in [1.807, 2.05) is 17.9 Å². The van der Waals surface area contributed by atoms with Gasteiger partial charge in [-0.3, -0.25) is 14.6 Å². The quantitative estimate of drug-likeness (QED) is 0.346. The number of hydrogen-bond acceptors (Lipinski definition) is 5. The highest BCUT2D eigenvalue weighted by Gasteiger charge is 2.33. The lowest BCUT2D eigenvalue weighted by molar-refractivity contribution is 0.0702. The van der Waals surface area contributed by atoms with E-state index in [1.165, 1.54) is 23.3 Å². The number of carbonyl (C=O) groups is 2. The van der Waals surface area contributed by atoms with Crippen molar-refractivity contribution in [1.29, 1.82) is 0 Å². The van der Waals surface area contributed by atoms with Gasteiger partial charge in [0.1, 0.15) is 22.8 Å². The molecule has 7 nitrogen and oxygen atoms in total. The van der Waals surface area contributed by atoms with Gasteiger partial charge in [0.05, 0.1) is 17.0 Å². The van der Waals surface area contributed by atoms with Crippen molar-refractivity contribution in [1.82, 2.24) is 9.88 Å². The number of amides is 2. The molecule has 0 aliphatic carbocycles. The van der Waals surface area contributed by atoms with Crippen LogP contribution in [-0.2, 0) is 12.8 Å². The first-order chi connectivity index (χ1) is 18.9. The van der Waals surface area contributed by atoms with Crippen molar-refractivity contribution in [2.45, 2.75) is 67.2 Å². The lowest BCUT2D eigenvalue weighted by Gasteiger charge is -2.30. The standard InChI is InChI=1S/C33H41N3O4/c1-7-22-10-9-11-23(8-2)30(22)26-17-28(40-24-12-13-25(31(34)38)27(37)16-24)29(21(4)35-26)32(39)36-15-14-20(3)18-33(5,6)19-36/h9-13,16-17,20,37H,7-8,14-15,18-19H2,1-6H3,(H2,34,38). The minimum atomic E-state index is -0.733. The van der Waals surface area contributed by atoms with Crippen molar-refractivity contribution >= 4 is 11.8 Å². The molecule has 212 valence electrons. The van der Waals surface area contributed by atoms with E-state index in [0.29, 0.717) is 36.0 Å². The molecule has 0 spiro atoms. The maximum absolute atomic E-state index is 14.2. The van der Waals surface area contributed by atoms with Gasteiger partial charge in [0.2, 0.25) is 0 Å². The van der Waals surface area contributed by atoms with Crippen molar-refractivity contribution in [2.24, 2.45) is 17.1 Å². The number of nitrogens with two attached hydrogens (primary N) is 1. The largest absolute Gasteiger partial charge is 0.507 e. The van der Waals surface area contributed by atoms with Crippen LogP contribution in [0.1, 0.15) is 85.0 Å². The Morgan fingerprint density at radius 1 is 1.12 bits per heavy atom. The molecule has 7 heteroatoms. The summed E-state index contributed by atoms with van der Waals surface area (Å²) in [6.45, 7) is 14.0. The van der Waals surface area contributed by atoms with Crippen LogP contribution in [0.5, 0.6) is 17.2 Å². The Balaban J connectivity index is 1.87. The predicted molar refractivity (Wildman–Crippen MR) is 158 cm³/mol. The molecule has 1 unspecified atom stereocenters. The molecule has 1 saturated heterocycles. The van der Waals surface area contributed by atoms with Crippen LogP contribution in [0.25, 0.3) is 11.3 Å². The molecule has 0 bridgehead atoms. The summed E-state index contributed by atoms with van der Waals surface area (Å²) in [7, 11) is 0. The van der Waals surface area contributed by atoms with Gasteiger partial charge >= 0.3 is 0 Å². The Bertz CT molecular complexity index is 1410. The molecule has 3 aromatic rings. The third-order valence-electron chi connectivity index (χ3n) is 7.79. The van der Waals surface area contributed by atoms with Crippen molar-refractivity contribution in [3.8, 4) is 28.5 Å². The highest BCUT2D eigenvalue weighted by atomic mass is 16.5. The van der Waals surface area contributed by atoms with E-state index in [9.17, 15) is 14.7 Å². The number of hydrogen-bond donors (Lipinski definition) is 2. The molecule has 0 saturated carbocycles. The molecule has 2 amide bonds. The monoisotopic (exact) mass is 543 g/mol. The van der Waals surface area contributed by atoms with E-state index >= 15 is 0 Å². The van der Waals surface area contributed by atoms with Gasteiger partial charge in [-0.05, 0) is 67.2 Å². The molecule has 3 N–H and O–H groups in total. The number of nitrogens with zero attached hydrogens (tertiary/aromatic N) is 2. The lowest BCUT2D eigenvalue weighted by atomic mass is 9.83. The molecule has 1 aromatic heterocycles. The number of rotatable bonds is 7. The summed E-state index contributed by atoms with van der Waals surface area (Å²) < 4.78 is 6.33. The van der Waals surface area contributed by atoms with Crippen molar-refractivity contribution < 1.29 is 19.4 Å². The molecule has 0 radical (unpaired) electrons. The second-order valence-electron chi connectivity index (χ2n) is 11.8. The molecule has 2 aromatic carbocycles. The van der Waals surface area contributed by atoms with Crippen LogP contribution >= 0.6 is 0 Å². The summed E-state index contributed by atoms with van der Waals surface area (Å²) in [5.74, 6) is 0.0419. The fourth-order valence-electron chi connectivity index (χ4n) is 6.01. The molecule has 1 aliphatic heterocycles. The number of phenols is 1. The van der Waals surface area contributed by atoms with Gasteiger partial charge in [-0.25, -0.2) is 0 Å². The molecule has 2 heterocycles. The molecule has 1 fully saturated rings. The van der Waals surface area contributed by atoms with Gasteiger partial charge in [0.15, 0.2) is 0 Å². The van der Waals surface area contributed by atoms with Crippen molar-refractivity contribution in [3.63, 3.8) is 0 Å². The average molecular weight is 544 g/mol. The van der Waals surface area contributed by atoms with Crippen LogP contribution in [0.2, 0.25) is 0 Å². The van der Waals surface area contributed by atoms with E-state index < -0.39 is 5.91 Å². The fourth-order valence-corrected chi connectivity index (χ4v) is 6.01. The third-order valence-corrected chi connectivity index (χ3v) is 7.79. The minimum Gasteiger partial charge on any atom is -0.507 e. The molecular weight excluding hydrogens is 502 g/mol. The second kappa shape index (κ2) is 11.7. The summed E-state index contributed by atoms with van der Waals surface area (Å²) in [5.41, 5.74) is 10.5. The van der Waals surface area contributed by atoms with Gasteiger partial charge in [-0.2, -0.15) is 0 Å². The van der Waals surface area contributed by atoms with E-state index in [2.05, 4.69) is 52.8 Å². The van der Waals surface area contributed by atoms with E-state index in [0.717, 1.165) is 36.9 Å². The number of pyridine rings is 1. The van der Waals surface area contributed by atoms with E-state index in [1.54, 1.807) is 6.07 Å². The van der Waals surface area contributed by atoms with Crippen LogP contribution in [0.15, 0.2) is 42.5 Å². The summed E-state index contributed by atoms with van der Waals surface area (Å²) in [6, 6.07) is 12.4. The highest BCUT2D eigenvalue weighted by Crippen LogP contribution is 2.38. The third kappa shape index (κ3) is 6.14. The summed E-state index contributed by atoms with van der Waals surface area (Å²) in [4.78, 5) is 32.7. The Kier molecular flexibility index (Phi) is 8.52. The zero-order valence-corrected chi connectivity index (χ0v) is 24.5. The van der Waals surface area contributed by atoms with Crippen LogP contribution in [0.3, 0.4) is 0 Å². The molecular formula is C33H41N3O4. The number of benzene rings is 2. The van der Waals surface area contributed by atoms with Crippen LogP contribution in [-0.4, -0.2) is 39.9 Å². The van der Waals surface area contributed by atoms with Crippen molar-refractivity contribution in [3.05, 3.63) is 70.4 Å². The molecule has 1 aliphatic rings. The second-order valence-corrected chi connectivity index (χ2v) is 11.8. The zero-order valence-electron chi connectivity index (χ0n) is 24.5. The summed E-state index contributed by atoms with van der Waals surface area (Å²) >= 11 is 0. The molecule has 1 atom stereocenters. The van der Waals surface area contributed by atoms with Gasteiger partial charge in [-0.1, -0.05) is 52.8 Å². The first-order valence-electron chi connectivity index (χ1n) is 14.2. The molecule has 4 rings (SSSR count). The van der Waals surface area contributed by atoms with Crippen LogP contribution in [0, 0.1) is 18.3 Å². The van der Waals surface area contributed by atoms with E-state index in [-0.39, 0.29) is 28.4 Å². The molecule has 40 heavy (non-hydrogen) atoms. The SMILES string of the molecule is CCc1cccc(CC)c1-c1cc(Oc2ccc(C(N)=O)c(O)c2)c(C(=O)N2CCC(C)CC(C)(C)C2)c(C)n1. The Morgan fingerprint density at radius 2 is 1.80 bits per heavy atom. The van der Waals surface area contributed by atoms with Gasteiger partial charge < -0.3 is 20.5 Å². The first-order valence-corrected chi connectivity index (χ1v) is 14.2. The summed E-state index contributed by atoms with van der Waals surface area (Å²) in [6.07, 6.45) is 3.66. The maximum atomic E-state index is 14.2.